The molecule has 0 radical (unpaired) electrons. The Balaban J connectivity index is 2.63. The molecule has 0 aliphatic rings. The van der Waals surface area contributed by atoms with Crippen molar-refractivity contribution in [3.63, 3.8) is 0 Å². The van der Waals surface area contributed by atoms with Crippen LogP contribution in [0.4, 0.5) is 0 Å². The first kappa shape index (κ1) is 9.16. The molecule has 0 atom stereocenters. The van der Waals surface area contributed by atoms with Gasteiger partial charge in [-0.25, -0.2) is 9.97 Å². The van der Waals surface area contributed by atoms with E-state index in [1.807, 2.05) is 37.3 Å². The van der Waals surface area contributed by atoms with E-state index in [-0.39, 0.29) is 0 Å². The van der Waals surface area contributed by atoms with E-state index in [1.165, 1.54) is 6.33 Å². The van der Waals surface area contributed by atoms with E-state index in [1.54, 1.807) is 0 Å². The van der Waals surface area contributed by atoms with Gasteiger partial charge in [0.2, 0.25) is 0 Å². The molecule has 2 nitrogen and oxygen atoms in total. The zero-order valence-corrected chi connectivity index (χ0v) is 8.49. The summed E-state index contributed by atoms with van der Waals surface area (Å²) >= 11 is 6.01. The summed E-state index contributed by atoms with van der Waals surface area (Å²) in [6.45, 7) is 1.93. The van der Waals surface area contributed by atoms with Crippen molar-refractivity contribution >= 4 is 11.6 Å². The fourth-order valence-electron chi connectivity index (χ4n) is 1.38. The van der Waals surface area contributed by atoms with Crippen molar-refractivity contribution in [3.8, 4) is 11.1 Å². The minimum atomic E-state index is 0.503. The van der Waals surface area contributed by atoms with E-state index in [0.29, 0.717) is 5.15 Å². The van der Waals surface area contributed by atoms with Crippen molar-refractivity contribution < 1.29 is 0 Å². The Morgan fingerprint density at radius 2 is 1.79 bits per heavy atom. The lowest BCUT2D eigenvalue weighted by atomic mass is 10.1. The van der Waals surface area contributed by atoms with Gasteiger partial charge < -0.3 is 0 Å². The van der Waals surface area contributed by atoms with Crippen LogP contribution in [-0.4, -0.2) is 9.97 Å². The van der Waals surface area contributed by atoms with Gasteiger partial charge in [-0.15, -0.1) is 0 Å². The van der Waals surface area contributed by atoms with Crippen LogP contribution in [0.3, 0.4) is 0 Å². The minimum absolute atomic E-state index is 0.503. The van der Waals surface area contributed by atoms with Crippen LogP contribution in [0.5, 0.6) is 0 Å². The molecule has 1 aromatic carbocycles. The van der Waals surface area contributed by atoms with Gasteiger partial charge in [0.25, 0.3) is 0 Å². The Morgan fingerprint density at radius 1 is 1.07 bits per heavy atom. The van der Waals surface area contributed by atoms with Crippen LogP contribution >= 0.6 is 11.6 Å². The second kappa shape index (κ2) is 3.76. The number of halogens is 1. The van der Waals surface area contributed by atoms with Crippen molar-refractivity contribution in [2.24, 2.45) is 0 Å². The monoisotopic (exact) mass is 204 g/mol. The van der Waals surface area contributed by atoms with Crippen LogP contribution in [0.1, 0.15) is 5.69 Å². The first-order valence-corrected chi connectivity index (χ1v) is 4.69. The summed E-state index contributed by atoms with van der Waals surface area (Å²) in [5, 5.41) is 0.503. The van der Waals surface area contributed by atoms with Gasteiger partial charge in [-0.1, -0.05) is 41.9 Å². The van der Waals surface area contributed by atoms with E-state index in [4.69, 9.17) is 11.6 Å². The summed E-state index contributed by atoms with van der Waals surface area (Å²) in [7, 11) is 0. The molecule has 0 aliphatic carbocycles. The van der Waals surface area contributed by atoms with Crippen molar-refractivity contribution in [3.05, 3.63) is 47.5 Å². The number of hydrogen-bond acceptors (Lipinski definition) is 2. The predicted octanol–water partition coefficient (Wildman–Crippen LogP) is 3.11. The van der Waals surface area contributed by atoms with Crippen LogP contribution in [0.25, 0.3) is 11.1 Å². The van der Waals surface area contributed by atoms with Gasteiger partial charge in [-0.3, -0.25) is 0 Å². The SMILES string of the molecule is Cc1ncnc(Cl)c1-c1ccccc1. The fraction of sp³-hybridized carbons (Fsp3) is 0.0909. The van der Waals surface area contributed by atoms with Crippen LogP contribution < -0.4 is 0 Å². The van der Waals surface area contributed by atoms with Gasteiger partial charge >= 0.3 is 0 Å². The fourth-order valence-corrected chi connectivity index (χ4v) is 1.67. The average molecular weight is 205 g/mol. The summed E-state index contributed by atoms with van der Waals surface area (Å²) < 4.78 is 0. The molecule has 1 aromatic heterocycles. The lowest BCUT2D eigenvalue weighted by Crippen LogP contribution is -1.90. The summed E-state index contributed by atoms with van der Waals surface area (Å²) in [6, 6.07) is 9.90. The highest BCUT2D eigenvalue weighted by Crippen LogP contribution is 2.27. The van der Waals surface area contributed by atoms with Crippen molar-refractivity contribution in [1.29, 1.82) is 0 Å². The molecular weight excluding hydrogens is 196 g/mol. The number of benzene rings is 1. The molecule has 0 unspecified atom stereocenters. The van der Waals surface area contributed by atoms with Crippen molar-refractivity contribution in [1.82, 2.24) is 9.97 Å². The maximum atomic E-state index is 6.01. The lowest BCUT2D eigenvalue weighted by molar-refractivity contribution is 1.11. The highest BCUT2D eigenvalue weighted by atomic mass is 35.5. The van der Waals surface area contributed by atoms with Crippen LogP contribution in [-0.2, 0) is 0 Å². The number of aromatic nitrogens is 2. The maximum Gasteiger partial charge on any atom is 0.140 e. The first-order chi connectivity index (χ1) is 6.79. The molecule has 0 aliphatic heterocycles. The predicted molar refractivity (Wildman–Crippen MR) is 57.2 cm³/mol. The molecule has 2 rings (SSSR count). The Bertz CT molecular complexity index is 420. The average Bonchev–Trinajstić information content (AvgIpc) is 2.19. The van der Waals surface area contributed by atoms with E-state index < -0.39 is 0 Å². The maximum absolute atomic E-state index is 6.01. The minimum Gasteiger partial charge on any atom is -0.241 e. The lowest BCUT2D eigenvalue weighted by Gasteiger charge is -2.05. The molecule has 0 spiro atoms. The zero-order chi connectivity index (χ0) is 9.97. The smallest absolute Gasteiger partial charge is 0.140 e. The van der Waals surface area contributed by atoms with Crippen LogP contribution in [0, 0.1) is 6.92 Å². The largest absolute Gasteiger partial charge is 0.241 e. The molecule has 2 aromatic rings. The molecule has 0 saturated carbocycles. The molecule has 0 amide bonds. The van der Waals surface area contributed by atoms with Gasteiger partial charge in [0, 0.05) is 5.56 Å². The second-order valence-electron chi connectivity index (χ2n) is 2.99. The van der Waals surface area contributed by atoms with Gasteiger partial charge in [-0.2, -0.15) is 0 Å². The topological polar surface area (TPSA) is 25.8 Å². The summed E-state index contributed by atoms with van der Waals surface area (Å²) in [5.41, 5.74) is 2.86. The number of nitrogens with zero attached hydrogens (tertiary/aromatic N) is 2. The molecular formula is C11H9ClN2. The standard InChI is InChI=1S/C11H9ClN2/c1-8-10(11(12)14-7-13-8)9-5-3-2-4-6-9/h2-7H,1H3. The Hall–Kier alpha value is -1.41. The summed E-state index contributed by atoms with van der Waals surface area (Å²) in [6.07, 6.45) is 1.48. The molecule has 0 N–H and O–H groups in total. The normalized spacial score (nSPS) is 10.1. The van der Waals surface area contributed by atoms with Crippen LogP contribution in [0.2, 0.25) is 5.15 Å². The molecule has 0 bridgehead atoms. The number of aryl methyl sites for hydroxylation is 1. The van der Waals surface area contributed by atoms with Crippen LogP contribution in [0.15, 0.2) is 36.7 Å². The van der Waals surface area contributed by atoms with Gasteiger partial charge in [0.05, 0.1) is 5.69 Å². The summed E-state index contributed by atoms with van der Waals surface area (Å²) in [5.74, 6) is 0. The van der Waals surface area contributed by atoms with Gasteiger partial charge in [0.15, 0.2) is 0 Å². The Morgan fingerprint density at radius 3 is 2.43 bits per heavy atom. The number of hydrogen-bond donors (Lipinski definition) is 0. The first-order valence-electron chi connectivity index (χ1n) is 4.31. The molecule has 0 saturated heterocycles. The highest BCUT2D eigenvalue weighted by molar-refractivity contribution is 6.32. The third-order valence-electron chi connectivity index (χ3n) is 2.05. The molecule has 0 fully saturated rings. The molecule has 3 heteroatoms. The molecule has 14 heavy (non-hydrogen) atoms. The van der Waals surface area contributed by atoms with E-state index in [2.05, 4.69) is 9.97 Å². The molecule has 1 heterocycles. The van der Waals surface area contributed by atoms with Gasteiger partial charge in [0.1, 0.15) is 11.5 Å². The van der Waals surface area contributed by atoms with Gasteiger partial charge in [-0.05, 0) is 12.5 Å². The zero-order valence-electron chi connectivity index (χ0n) is 7.74. The van der Waals surface area contributed by atoms with Crippen molar-refractivity contribution in [2.75, 3.05) is 0 Å². The Labute approximate surface area is 87.6 Å². The molecule has 70 valence electrons. The van der Waals surface area contributed by atoms with Crippen molar-refractivity contribution in [2.45, 2.75) is 6.92 Å². The quantitative estimate of drug-likeness (QED) is 0.667. The van der Waals surface area contributed by atoms with E-state index >= 15 is 0 Å². The van der Waals surface area contributed by atoms with E-state index in [0.717, 1.165) is 16.8 Å². The third kappa shape index (κ3) is 1.61. The number of rotatable bonds is 1. The van der Waals surface area contributed by atoms with E-state index in [9.17, 15) is 0 Å². The third-order valence-corrected chi connectivity index (χ3v) is 2.34. The second-order valence-corrected chi connectivity index (χ2v) is 3.35. The highest BCUT2D eigenvalue weighted by Gasteiger charge is 2.07. The Kier molecular flexibility index (Phi) is 2.46. The summed E-state index contributed by atoms with van der Waals surface area (Å²) in [4.78, 5) is 8.09.